The summed E-state index contributed by atoms with van der Waals surface area (Å²) in [7, 11) is 1.69. The Balaban J connectivity index is 2.06. The lowest BCUT2D eigenvalue weighted by Crippen LogP contribution is -2.18. The van der Waals surface area contributed by atoms with Gasteiger partial charge in [0.1, 0.15) is 5.75 Å². The lowest BCUT2D eigenvalue weighted by Gasteiger charge is -2.14. The molecule has 2 rings (SSSR count). The normalized spacial score (nSPS) is 12.4. The molecule has 0 aliphatic rings. The summed E-state index contributed by atoms with van der Waals surface area (Å²) in [5, 5.41) is 4.67. The Bertz CT molecular complexity index is 598. The average Bonchev–Trinajstić information content (AvgIpc) is 2.76. The van der Waals surface area contributed by atoms with Crippen LogP contribution in [0.25, 0.3) is 0 Å². The Morgan fingerprint density at radius 2 is 2.15 bits per heavy atom. The second-order valence-electron chi connectivity index (χ2n) is 4.74. The van der Waals surface area contributed by atoms with Crippen LogP contribution in [0.4, 0.5) is 0 Å². The minimum atomic E-state index is 0.291. The van der Waals surface area contributed by atoms with Gasteiger partial charge in [-0.2, -0.15) is 0 Å². The SMILES string of the molecule is COc1ccc(Br)c(CNC(C)c2sc(C)nc2C)c1. The van der Waals surface area contributed by atoms with Crippen LogP contribution in [0.2, 0.25) is 0 Å². The molecule has 1 aromatic heterocycles. The molecule has 1 heterocycles. The molecular formula is C15H19BrN2OS. The number of nitrogens with one attached hydrogen (secondary N) is 1. The molecule has 0 fully saturated rings. The lowest BCUT2D eigenvalue weighted by molar-refractivity contribution is 0.413. The van der Waals surface area contributed by atoms with E-state index in [1.54, 1.807) is 18.4 Å². The van der Waals surface area contributed by atoms with E-state index in [-0.39, 0.29) is 0 Å². The number of thiazole rings is 1. The maximum absolute atomic E-state index is 5.27. The van der Waals surface area contributed by atoms with E-state index in [4.69, 9.17) is 4.74 Å². The third kappa shape index (κ3) is 3.59. The van der Waals surface area contributed by atoms with Crippen molar-refractivity contribution in [3.8, 4) is 5.75 Å². The molecule has 0 radical (unpaired) electrons. The molecule has 3 nitrogen and oxygen atoms in total. The van der Waals surface area contributed by atoms with E-state index < -0.39 is 0 Å². The van der Waals surface area contributed by atoms with Gasteiger partial charge >= 0.3 is 0 Å². The van der Waals surface area contributed by atoms with Gasteiger partial charge in [-0.15, -0.1) is 11.3 Å². The fraction of sp³-hybridized carbons (Fsp3) is 0.400. The zero-order valence-corrected chi connectivity index (χ0v) is 14.6. The van der Waals surface area contributed by atoms with Crippen molar-refractivity contribution >= 4 is 27.3 Å². The molecular weight excluding hydrogens is 336 g/mol. The largest absolute Gasteiger partial charge is 0.497 e. The van der Waals surface area contributed by atoms with Crippen molar-refractivity contribution in [2.75, 3.05) is 7.11 Å². The summed E-state index contributed by atoms with van der Waals surface area (Å²) in [6.45, 7) is 7.08. The number of aromatic nitrogens is 1. The van der Waals surface area contributed by atoms with E-state index in [0.717, 1.165) is 27.5 Å². The molecule has 0 amide bonds. The maximum atomic E-state index is 5.27. The predicted molar refractivity (Wildman–Crippen MR) is 87.5 cm³/mol. The second kappa shape index (κ2) is 6.70. The molecule has 1 N–H and O–H groups in total. The van der Waals surface area contributed by atoms with Gasteiger partial charge in [0.25, 0.3) is 0 Å². The van der Waals surface area contributed by atoms with E-state index >= 15 is 0 Å². The summed E-state index contributed by atoms with van der Waals surface area (Å²) in [6, 6.07) is 6.31. The summed E-state index contributed by atoms with van der Waals surface area (Å²) >= 11 is 5.34. The van der Waals surface area contributed by atoms with E-state index in [1.165, 1.54) is 10.4 Å². The van der Waals surface area contributed by atoms with Crippen LogP contribution in [0.3, 0.4) is 0 Å². The number of rotatable bonds is 5. The summed E-state index contributed by atoms with van der Waals surface area (Å²) in [4.78, 5) is 5.79. The first-order valence-electron chi connectivity index (χ1n) is 6.51. The zero-order chi connectivity index (χ0) is 14.7. The second-order valence-corrected chi connectivity index (χ2v) is 6.83. The molecule has 1 unspecified atom stereocenters. The fourth-order valence-corrected chi connectivity index (χ4v) is 3.46. The molecule has 2 aromatic rings. The Labute approximate surface area is 132 Å². The van der Waals surface area contributed by atoms with Crippen LogP contribution in [-0.4, -0.2) is 12.1 Å². The first-order valence-corrected chi connectivity index (χ1v) is 8.12. The van der Waals surface area contributed by atoms with Crippen LogP contribution < -0.4 is 10.1 Å². The van der Waals surface area contributed by atoms with Crippen molar-refractivity contribution in [1.29, 1.82) is 0 Å². The van der Waals surface area contributed by atoms with Crippen LogP contribution in [-0.2, 0) is 6.54 Å². The Morgan fingerprint density at radius 3 is 2.75 bits per heavy atom. The van der Waals surface area contributed by atoms with Crippen molar-refractivity contribution in [3.05, 3.63) is 43.8 Å². The average molecular weight is 355 g/mol. The van der Waals surface area contributed by atoms with E-state index in [0.29, 0.717) is 6.04 Å². The molecule has 0 aliphatic heterocycles. The van der Waals surface area contributed by atoms with Gasteiger partial charge in [-0.25, -0.2) is 4.98 Å². The topological polar surface area (TPSA) is 34.1 Å². The van der Waals surface area contributed by atoms with Crippen molar-refractivity contribution in [1.82, 2.24) is 10.3 Å². The molecule has 0 aliphatic carbocycles. The Kier molecular flexibility index (Phi) is 5.18. The molecule has 0 spiro atoms. The van der Waals surface area contributed by atoms with Crippen molar-refractivity contribution in [3.63, 3.8) is 0 Å². The standard InChI is InChI=1S/C15H19BrN2OS/c1-9(15-10(2)18-11(3)20-15)17-8-12-7-13(19-4)5-6-14(12)16/h5-7,9,17H,8H2,1-4H3. The smallest absolute Gasteiger partial charge is 0.119 e. The molecule has 5 heteroatoms. The quantitative estimate of drug-likeness (QED) is 0.864. The van der Waals surface area contributed by atoms with E-state index in [1.807, 2.05) is 19.1 Å². The van der Waals surface area contributed by atoms with E-state index in [9.17, 15) is 0 Å². The van der Waals surface area contributed by atoms with Gasteiger partial charge in [0, 0.05) is 21.9 Å². The highest BCUT2D eigenvalue weighted by Crippen LogP contribution is 2.26. The van der Waals surface area contributed by atoms with Crippen LogP contribution in [0.5, 0.6) is 5.75 Å². The van der Waals surface area contributed by atoms with Crippen molar-refractivity contribution < 1.29 is 4.74 Å². The summed E-state index contributed by atoms with van der Waals surface area (Å²) in [5.41, 5.74) is 2.31. The van der Waals surface area contributed by atoms with Gasteiger partial charge in [-0.05, 0) is 44.5 Å². The highest BCUT2D eigenvalue weighted by molar-refractivity contribution is 9.10. The third-order valence-corrected chi connectivity index (χ3v) is 5.21. The Morgan fingerprint density at radius 1 is 1.40 bits per heavy atom. The van der Waals surface area contributed by atoms with Crippen molar-refractivity contribution in [2.45, 2.75) is 33.4 Å². The van der Waals surface area contributed by atoms with Crippen LogP contribution >= 0.6 is 27.3 Å². The maximum Gasteiger partial charge on any atom is 0.119 e. The minimum absolute atomic E-state index is 0.291. The summed E-state index contributed by atoms with van der Waals surface area (Å²) < 4.78 is 6.36. The fourth-order valence-electron chi connectivity index (χ4n) is 2.12. The van der Waals surface area contributed by atoms with Gasteiger partial charge in [0.15, 0.2) is 0 Å². The number of hydrogen-bond acceptors (Lipinski definition) is 4. The zero-order valence-electron chi connectivity index (χ0n) is 12.2. The van der Waals surface area contributed by atoms with E-state index in [2.05, 4.69) is 46.1 Å². The van der Waals surface area contributed by atoms with Gasteiger partial charge in [0.05, 0.1) is 17.8 Å². The lowest BCUT2D eigenvalue weighted by atomic mass is 10.2. The number of ether oxygens (including phenoxy) is 1. The van der Waals surface area contributed by atoms with Crippen LogP contribution in [0.1, 0.15) is 34.1 Å². The molecule has 20 heavy (non-hydrogen) atoms. The third-order valence-electron chi connectivity index (χ3n) is 3.18. The minimum Gasteiger partial charge on any atom is -0.497 e. The molecule has 108 valence electrons. The highest BCUT2D eigenvalue weighted by atomic mass is 79.9. The van der Waals surface area contributed by atoms with Gasteiger partial charge in [-0.3, -0.25) is 0 Å². The molecule has 1 atom stereocenters. The van der Waals surface area contributed by atoms with Crippen LogP contribution in [0, 0.1) is 13.8 Å². The number of benzene rings is 1. The highest BCUT2D eigenvalue weighted by Gasteiger charge is 2.13. The molecule has 0 bridgehead atoms. The van der Waals surface area contributed by atoms with Gasteiger partial charge in [0.2, 0.25) is 0 Å². The number of hydrogen-bond donors (Lipinski definition) is 1. The molecule has 0 saturated carbocycles. The number of aryl methyl sites for hydroxylation is 2. The van der Waals surface area contributed by atoms with Crippen LogP contribution in [0.15, 0.2) is 22.7 Å². The van der Waals surface area contributed by atoms with Crippen molar-refractivity contribution in [2.24, 2.45) is 0 Å². The number of halogens is 1. The predicted octanol–water partition coefficient (Wildman–Crippen LogP) is 4.38. The van der Waals surface area contributed by atoms with Gasteiger partial charge in [-0.1, -0.05) is 15.9 Å². The summed E-state index contributed by atoms with van der Waals surface area (Å²) in [6.07, 6.45) is 0. The first kappa shape index (κ1) is 15.5. The number of nitrogens with zero attached hydrogens (tertiary/aromatic N) is 1. The first-order chi connectivity index (χ1) is 9.51. The molecule has 0 saturated heterocycles. The summed E-state index contributed by atoms with van der Waals surface area (Å²) in [5.74, 6) is 0.877. The molecule has 1 aromatic carbocycles. The number of methoxy groups -OCH3 is 1. The Hall–Kier alpha value is -0.910. The monoisotopic (exact) mass is 354 g/mol. The van der Waals surface area contributed by atoms with Gasteiger partial charge < -0.3 is 10.1 Å².